The number of hydrogen-bond donors (Lipinski definition) is 1. The molecule has 1 unspecified atom stereocenters. The molecule has 1 aromatic rings. The molecule has 0 radical (unpaired) electrons. The van der Waals surface area contributed by atoms with Crippen LogP contribution in [-0.2, 0) is 4.79 Å². The molecule has 0 aliphatic rings. The van der Waals surface area contributed by atoms with E-state index in [1.54, 1.807) is 12.1 Å². The molecule has 1 aromatic carbocycles. The van der Waals surface area contributed by atoms with Gasteiger partial charge in [0.15, 0.2) is 0 Å². The van der Waals surface area contributed by atoms with E-state index in [1.807, 2.05) is 0 Å². The standard InChI is InChI=1S/C11H13Cl2NO2/c1-16-11-8(7(6-15)4-5-14)2-3-9(12)10(11)13/h2-3,6-7H,4-5,14H2,1H3. The van der Waals surface area contributed by atoms with Gasteiger partial charge in [0, 0.05) is 11.5 Å². The van der Waals surface area contributed by atoms with Gasteiger partial charge in [-0.2, -0.15) is 0 Å². The predicted octanol–water partition coefficient (Wildman–Crippen LogP) is 2.63. The smallest absolute Gasteiger partial charge is 0.142 e. The fourth-order valence-electron chi connectivity index (χ4n) is 1.52. The third-order valence-corrected chi connectivity index (χ3v) is 3.11. The summed E-state index contributed by atoms with van der Waals surface area (Å²) in [6.07, 6.45) is 1.40. The van der Waals surface area contributed by atoms with E-state index in [2.05, 4.69) is 0 Å². The average molecular weight is 262 g/mol. The van der Waals surface area contributed by atoms with Gasteiger partial charge in [-0.1, -0.05) is 29.3 Å². The van der Waals surface area contributed by atoms with Gasteiger partial charge < -0.3 is 15.3 Å². The fraction of sp³-hybridized carbons (Fsp3) is 0.364. The second kappa shape index (κ2) is 6.09. The van der Waals surface area contributed by atoms with Crippen molar-refractivity contribution < 1.29 is 9.53 Å². The van der Waals surface area contributed by atoms with Gasteiger partial charge in [-0.25, -0.2) is 0 Å². The lowest BCUT2D eigenvalue weighted by atomic mass is 9.96. The number of hydrogen-bond acceptors (Lipinski definition) is 3. The maximum Gasteiger partial charge on any atom is 0.142 e. The van der Waals surface area contributed by atoms with Crippen LogP contribution in [0.15, 0.2) is 12.1 Å². The summed E-state index contributed by atoms with van der Waals surface area (Å²) in [4.78, 5) is 11.0. The highest BCUT2D eigenvalue weighted by Crippen LogP contribution is 2.38. The van der Waals surface area contributed by atoms with Gasteiger partial charge in [-0.3, -0.25) is 0 Å². The Bertz CT molecular complexity index is 382. The van der Waals surface area contributed by atoms with Crippen molar-refractivity contribution in [2.45, 2.75) is 12.3 Å². The van der Waals surface area contributed by atoms with Crippen molar-refractivity contribution in [2.75, 3.05) is 13.7 Å². The van der Waals surface area contributed by atoms with Crippen molar-refractivity contribution in [3.8, 4) is 5.75 Å². The van der Waals surface area contributed by atoms with Crippen LogP contribution >= 0.6 is 23.2 Å². The summed E-state index contributed by atoms with van der Waals surface area (Å²) < 4.78 is 5.17. The molecule has 3 nitrogen and oxygen atoms in total. The first-order valence-corrected chi connectivity index (χ1v) is 5.58. The second-order valence-corrected chi connectivity index (χ2v) is 4.09. The van der Waals surface area contributed by atoms with Crippen LogP contribution in [0.3, 0.4) is 0 Å². The van der Waals surface area contributed by atoms with Crippen LogP contribution in [0.2, 0.25) is 10.0 Å². The zero-order valence-corrected chi connectivity index (χ0v) is 10.4. The minimum Gasteiger partial charge on any atom is -0.495 e. The molecule has 0 bridgehead atoms. The molecule has 2 N–H and O–H groups in total. The molecule has 0 aliphatic carbocycles. The Labute approximate surface area is 104 Å². The predicted molar refractivity (Wildman–Crippen MR) is 65.5 cm³/mol. The van der Waals surface area contributed by atoms with Crippen LogP contribution in [0, 0.1) is 0 Å². The number of aldehydes is 1. The zero-order valence-electron chi connectivity index (χ0n) is 8.87. The van der Waals surface area contributed by atoms with E-state index in [-0.39, 0.29) is 5.92 Å². The minimum atomic E-state index is -0.310. The molecule has 0 aromatic heterocycles. The van der Waals surface area contributed by atoms with Crippen LogP contribution in [0.25, 0.3) is 0 Å². The third-order valence-electron chi connectivity index (χ3n) is 2.33. The van der Waals surface area contributed by atoms with Crippen LogP contribution < -0.4 is 10.5 Å². The quantitative estimate of drug-likeness (QED) is 0.830. The maximum absolute atomic E-state index is 11.0. The van der Waals surface area contributed by atoms with Crippen molar-refractivity contribution in [1.82, 2.24) is 0 Å². The largest absolute Gasteiger partial charge is 0.495 e. The summed E-state index contributed by atoms with van der Waals surface area (Å²) in [5, 5.41) is 0.727. The molecule has 16 heavy (non-hydrogen) atoms. The molecule has 5 heteroatoms. The number of nitrogens with two attached hydrogens (primary N) is 1. The Balaban J connectivity index is 3.21. The highest BCUT2D eigenvalue weighted by atomic mass is 35.5. The Hall–Kier alpha value is -0.770. The molecular weight excluding hydrogens is 249 g/mol. The summed E-state index contributed by atoms with van der Waals surface area (Å²) in [5.74, 6) is 0.134. The Morgan fingerprint density at radius 2 is 2.19 bits per heavy atom. The first-order valence-electron chi connectivity index (χ1n) is 4.83. The lowest BCUT2D eigenvalue weighted by Gasteiger charge is -2.15. The Kier molecular flexibility index (Phi) is 5.06. The molecule has 0 amide bonds. The van der Waals surface area contributed by atoms with Crippen LogP contribution in [0.5, 0.6) is 5.75 Å². The zero-order chi connectivity index (χ0) is 12.1. The van der Waals surface area contributed by atoms with E-state index in [9.17, 15) is 4.79 Å². The minimum absolute atomic E-state index is 0.310. The van der Waals surface area contributed by atoms with E-state index in [0.717, 1.165) is 11.8 Å². The Morgan fingerprint density at radius 1 is 1.50 bits per heavy atom. The van der Waals surface area contributed by atoms with Crippen LogP contribution in [-0.4, -0.2) is 19.9 Å². The third kappa shape index (κ3) is 2.67. The summed E-state index contributed by atoms with van der Waals surface area (Å²) >= 11 is 11.9. The second-order valence-electron chi connectivity index (χ2n) is 3.30. The molecule has 1 atom stereocenters. The van der Waals surface area contributed by atoms with E-state index in [1.165, 1.54) is 7.11 Å². The van der Waals surface area contributed by atoms with Gasteiger partial charge in [-0.05, 0) is 19.0 Å². The van der Waals surface area contributed by atoms with Crippen LogP contribution in [0.4, 0.5) is 0 Å². The van der Waals surface area contributed by atoms with Gasteiger partial charge in [-0.15, -0.1) is 0 Å². The van der Waals surface area contributed by atoms with Crippen molar-refractivity contribution in [3.63, 3.8) is 0 Å². The van der Waals surface area contributed by atoms with Gasteiger partial charge >= 0.3 is 0 Å². The molecular formula is C11H13Cl2NO2. The van der Waals surface area contributed by atoms with Crippen molar-refractivity contribution in [2.24, 2.45) is 5.73 Å². The molecule has 0 fully saturated rings. The first kappa shape index (κ1) is 13.3. The molecule has 0 saturated carbocycles. The number of benzene rings is 1. The summed E-state index contributed by atoms with van der Waals surface area (Å²) in [6.45, 7) is 0.423. The number of carbonyl (C=O) groups excluding carboxylic acids is 1. The van der Waals surface area contributed by atoms with Gasteiger partial charge in [0.2, 0.25) is 0 Å². The van der Waals surface area contributed by atoms with E-state index in [4.69, 9.17) is 33.7 Å². The Morgan fingerprint density at radius 3 is 2.69 bits per heavy atom. The van der Waals surface area contributed by atoms with Gasteiger partial charge in [0.1, 0.15) is 17.1 Å². The van der Waals surface area contributed by atoms with Crippen LogP contribution in [0.1, 0.15) is 17.9 Å². The molecule has 0 spiro atoms. The highest BCUT2D eigenvalue weighted by Gasteiger charge is 2.18. The molecule has 0 aliphatic heterocycles. The van der Waals surface area contributed by atoms with Gasteiger partial charge in [0.25, 0.3) is 0 Å². The number of methoxy groups -OCH3 is 1. The number of carbonyl (C=O) groups is 1. The van der Waals surface area contributed by atoms with E-state index in [0.29, 0.717) is 28.8 Å². The maximum atomic E-state index is 11.0. The molecule has 1 rings (SSSR count). The molecule has 0 saturated heterocycles. The normalized spacial score (nSPS) is 12.2. The highest BCUT2D eigenvalue weighted by molar-refractivity contribution is 6.43. The topological polar surface area (TPSA) is 52.3 Å². The first-order chi connectivity index (χ1) is 7.65. The summed E-state index contributed by atoms with van der Waals surface area (Å²) in [6, 6.07) is 3.39. The number of halogens is 2. The lowest BCUT2D eigenvalue weighted by molar-refractivity contribution is -0.109. The average Bonchev–Trinajstić information content (AvgIpc) is 2.29. The van der Waals surface area contributed by atoms with Gasteiger partial charge in [0.05, 0.1) is 12.1 Å². The lowest BCUT2D eigenvalue weighted by Crippen LogP contribution is -2.09. The SMILES string of the molecule is COc1c(C(C=O)CCN)ccc(Cl)c1Cl. The van der Waals surface area contributed by atoms with E-state index < -0.39 is 0 Å². The fourth-order valence-corrected chi connectivity index (χ4v) is 1.92. The summed E-state index contributed by atoms with van der Waals surface area (Å²) in [7, 11) is 1.49. The van der Waals surface area contributed by atoms with Crippen molar-refractivity contribution in [1.29, 1.82) is 0 Å². The summed E-state index contributed by atoms with van der Waals surface area (Å²) in [5.41, 5.74) is 6.16. The number of ether oxygens (including phenoxy) is 1. The van der Waals surface area contributed by atoms with Crippen molar-refractivity contribution >= 4 is 29.5 Å². The monoisotopic (exact) mass is 261 g/mol. The molecule has 0 heterocycles. The number of rotatable bonds is 5. The molecule has 88 valence electrons. The van der Waals surface area contributed by atoms with E-state index >= 15 is 0 Å². The van der Waals surface area contributed by atoms with Crippen molar-refractivity contribution in [3.05, 3.63) is 27.7 Å².